The number of nitrogens with one attached hydrogen (secondary N) is 1. The standard InChI is InChI=1S/C22H20FN5O/c1-13-3-4-16(14(2)26-13)12-28-21-8-5-15(9-17(21)11-25-28)22(29)27-20-7-6-18(23)10-19(20)24/h3-11H,12,24H2,1-2H3,(H,27,29). The van der Waals surface area contributed by atoms with E-state index in [2.05, 4.69) is 21.5 Å². The number of nitrogens with two attached hydrogens (primary N) is 1. The van der Waals surface area contributed by atoms with E-state index in [0.717, 1.165) is 27.9 Å². The molecule has 6 nitrogen and oxygen atoms in total. The zero-order valence-electron chi connectivity index (χ0n) is 16.1. The zero-order chi connectivity index (χ0) is 20.5. The lowest BCUT2D eigenvalue weighted by Crippen LogP contribution is -2.13. The van der Waals surface area contributed by atoms with Gasteiger partial charge in [-0.15, -0.1) is 0 Å². The first-order chi connectivity index (χ1) is 13.9. The molecule has 0 aliphatic carbocycles. The van der Waals surface area contributed by atoms with E-state index >= 15 is 0 Å². The van der Waals surface area contributed by atoms with E-state index in [1.54, 1.807) is 18.3 Å². The van der Waals surface area contributed by atoms with Crippen LogP contribution in [0.2, 0.25) is 0 Å². The molecule has 1 amide bonds. The first-order valence-corrected chi connectivity index (χ1v) is 9.16. The van der Waals surface area contributed by atoms with Crippen molar-refractivity contribution in [3.8, 4) is 0 Å². The predicted octanol–water partition coefficient (Wildman–Crippen LogP) is 4.07. The van der Waals surface area contributed by atoms with Crippen molar-refractivity contribution < 1.29 is 9.18 Å². The Morgan fingerprint density at radius 3 is 2.72 bits per heavy atom. The molecule has 4 rings (SSSR count). The van der Waals surface area contributed by atoms with E-state index < -0.39 is 5.82 Å². The normalized spacial score (nSPS) is 11.0. The molecule has 0 radical (unpaired) electrons. The molecule has 0 saturated carbocycles. The molecule has 3 N–H and O–H groups in total. The maximum absolute atomic E-state index is 13.2. The van der Waals surface area contributed by atoms with E-state index in [4.69, 9.17) is 5.73 Å². The highest BCUT2D eigenvalue weighted by Gasteiger charge is 2.12. The van der Waals surface area contributed by atoms with Crippen molar-refractivity contribution >= 4 is 28.2 Å². The second kappa shape index (κ2) is 7.35. The van der Waals surface area contributed by atoms with Crippen LogP contribution in [0.3, 0.4) is 0 Å². The molecule has 0 bridgehead atoms. The van der Waals surface area contributed by atoms with E-state index in [9.17, 15) is 9.18 Å². The summed E-state index contributed by atoms with van der Waals surface area (Å²) in [6.07, 6.45) is 1.73. The first kappa shape index (κ1) is 18.6. The SMILES string of the molecule is Cc1ccc(Cn2ncc3cc(C(=O)Nc4ccc(F)cc4N)ccc32)c(C)n1. The van der Waals surface area contributed by atoms with Crippen LogP contribution in [0.25, 0.3) is 10.9 Å². The third-order valence-electron chi connectivity index (χ3n) is 4.82. The van der Waals surface area contributed by atoms with Crippen molar-refractivity contribution in [1.82, 2.24) is 14.8 Å². The summed E-state index contributed by atoms with van der Waals surface area (Å²) in [5, 5.41) is 8.02. The number of hydrogen-bond acceptors (Lipinski definition) is 4. The lowest BCUT2D eigenvalue weighted by molar-refractivity contribution is 0.102. The van der Waals surface area contributed by atoms with Gasteiger partial charge in [0.25, 0.3) is 5.91 Å². The van der Waals surface area contributed by atoms with E-state index in [1.165, 1.54) is 18.2 Å². The van der Waals surface area contributed by atoms with Gasteiger partial charge in [-0.25, -0.2) is 4.39 Å². The quantitative estimate of drug-likeness (QED) is 0.515. The minimum Gasteiger partial charge on any atom is -0.397 e. The molecule has 7 heteroatoms. The number of carbonyl (C=O) groups is 1. The van der Waals surface area contributed by atoms with Gasteiger partial charge < -0.3 is 11.1 Å². The molecule has 0 spiro atoms. The Morgan fingerprint density at radius 1 is 1.14 bits per heavy atom. The van der Waals surface area contributed by atoms with Crippen molar-refractivity contribution in [2.24, 2.45) is 0 Å². The Bertz CT molecular complexity index is 1230. The monoisotopic (exact) mass is 389 g/mol. The number of aromatic nitrogens is 3. The number of pyridine rings is 1. The summed E-state index contributed by atoms with van der Waals surface area (Å²) in [5.41, 5.74) is 10.7. The molecule has 0 aliphatic rings. The number of carbonyl (C=O) groups excluding carboxylic acids is 1. The van der Waals surface area contributed by atoms with Crippen LogP contribution in [-0.4, -0.2) is 20.7 Å². The third kappa shape index (κ3) is 3.80. The highest BCUT2D eigenvalue weighted by atomic mass is 19.1. The molecule has 2 aromatic heterocycles. The van der Waals surface area contributed by atoms with E-state index in [0.29, 0.717) is 17.8 Å². The van der Waals surface area contributed by atoms with Crippen LogP contribution in [0.5, 0.6) is 0 Å². The van der Waals surface area contributed by atoms with Gasteiger partial charge in [0.15, 0.2) is 0 Å². The summed E-state index contributed by atoms with van der Waals surface area (Å²) in [7, 11) is 0. The number of nitrogens with zero attached hydrogens (tertiary/aromatic N) is 3. The Kier molecular flexibility index (Phi) is 4.72. The summed E-state index contributed by atoms with van der Waals surface area (Å²) in [6.45, 7) is 4.55. The largest absolute Gasteiger partial charge is 0.397 e. The number of rotatable bonds is 4. The summed E-state index contributed by atoms with van der Waals surface area (Å²) >= 11 is 0. The predicted molar refractivity (Wildman–Crippen MR) is 111 cm³/mol. The molecule has 2 heterocycles. The van der Waals surface area contributed by atoms with Crippen molar-refractivity contribution in [1.29, 1.82) is 0 Å². The maximum atomic E-state index is 13.2. The highest BCUT2D eigenvalue weighted by Crippen LogP contribution is 2.22. The Balaban J connectivity index is 1.58. The fourth-order valence-corrected chi connectivity index (χ4v) is 3.24. The third-order valence-corrected chi connectivity index (χ3v) is 4.82. The molecule has 4 aromatic rings. The van der Waals surface area contributed by atoms with Crippen LogP contribution < -0.4 is 11.1 Å². The molecule has 0 atom stereocenters. The molecule has 0 fully saturated rings. The van der Waals surface area contributed by atoms with Crippen molar-refractivity contribution in [3.63, 3.8) is 0 Å². The Morgan fingerprint density at radius 2 is 1.97 bits per heavy atom. The van der Waals surface area contributed by atoms with E-state index in [1.807, 2.05) is 30.7 Å². The number of fused-ring (bicyclic) bond motifs is 1. The average Bonchev–Trinajstić information content (AvgIpc) is 3.08. The number of amides is 1. The zero-order valence-corrected chi connectivity index (χ0v) is 16.1. The van der Waals surface area contributed by atoms with Crippen LogP contribution in [-0.2, 0) is 6.54 Å². The molecular weight excluding hydrogens is 369 g/mol. The number of hydrogen-bond donors (Lipinski definition) is 2. The summed E-state index contributed by atoms with van der Waals surface area (Å²) in [5.74, 6) is -0.773. The second-order valence-corrected chi connectivity index (χ2v) is 6.96. The Hall–Kier alpha value is -3.74. The van der Waals surface area contributed by atoms with Gasteiger partial charge in [-0.1, -0.05) is 6.07 Å². The number of anilines is 2. The molecule has 0 saturated heterocycles. The van der Waals surface area contributed by atoms with Crippen LogP contribution in [0.15, 0.2) is 54.7 Å². The van der Waals surface area contributed by atoms with Gasteiger partial charge in [-0.3, -0.25) is 14.5 Å². The summed E-state index contributed by atoms with van der Waals surface area (Å²) < 4.78 is 15.1. The fourth-order valence-electron chi connectivity index (χ4n) is 3.24. The van der Waals surface area contributed by atoms with Gasteiger partial charge in [0.1, 0.15) is 5.82 Å². The van der Waals surface area contributed by atoms with Gasteiger partial charge in [0, 0.05) is 22.3 Å². The lowest BCUT2D eigenvalue weighted by Gasteiger charge is -2.09. The van der Waals surface area contributed by atoms with Gasteiger partial charge in [0.2, 0.25) is 0 Å². The van der Waals surface area contributed by atoms with Crippen LogP contribution >= 0.6 is 0 Å². The van der Waals surface area contributed by atoms with Gasteiger partial charge in [-0.05, 0) is 61.9 Å². The van der Waals surface area contributed by atoms with Crippen LogP contribution in [0.4, 0.5) is 15.8 Å². The molecule has 29 heavy (non-hydrogen) atoms. The Labute approximate surface area is 167 Å². The molecule has 0 unspecified atom stereocenters. The number of nitrogen functional groups attached to an aromatic ring is 1. The van der Waals surface area contributed by atoms with Gasteiger partial charge in [-0.2, -0.15) is 5.10 Å². The topological polar surface area (TPSA) is 85.8 Å². The van der Waals surface area contributed by atoms with Gasteiger partial charge in [0.05, 0.1) is 29.6 Å². The van der Waals surface area contributed by atoms with Crippen LogP contribution in [0, 0.1) is 19.7 Å². The minimum atomic E-state index is -0.451. The number of benzene rings is 2. The van der Waals surface area contributed by atoms with Crippen LogP contribution in [0.1, 0.15) is 27.3 Å². The minimum absolute atomic E-state index is 0.175. The summed E-state index contributed by atoms with van der Waals surface area (Å²) in [4.78, 5) is 17.1. The second-order valence-electron chi connectivity index (χ2n) is 6.96. The van der Waals surface area contributed by atoms with Crippen molar-refractivity contribution in [2.45, 2.75) is 20.4 Å². The number of aryl methyl sites for hydroxylation is 2. The molecule has 2 aromatic carbocycles. The smallest absolute Gasteiger partial charge is 0.255 e. The fraction of sp³-hybridized carbons (Fsp3) is 0.136. The molecular formula is C22H20FN5O. The number of halogens is 1. The molecule has 0 aliphatic heterocycles. The van der Waals surface area contributed by atoms with Gasteiger partial charge >= 0.3 is 0 Å². The van der Waals surface area contributed by atoms with Crippen molar-refractivity contribution in [2.75, 3.05) is 11.1 Å². The summed E-state index contributed by atoms with van der Waals surface area (Å²) in [6, 6.07) is 13.3. The van der Waals surface area contributed by atoms with Crippen molar-refractivity contribution in [3.05, 3.63) is 83.1 Å². The highest BCUT2D eigenvalue weighted by molar-refractivity contribution is 6.07. The lowest BCUT2D eigenvalue weighted by atomic mass is 10.1. The molecule has 146 valence electrons. The maximum Gasteiger partial charge on any atom is 0.255 e. The first-order valence-electron chi connectivity index (χ1n) is 9.16. The average molecular weight is 389 g/mol. The van der Waals surface area contributed by atoms with E-state index in [-0.39, 0.29) is 11.6 Å².